The van der Waals surface area contributed by atoms with Gasteiger partial charge in [-0.15, -0.1) is 0 Å². The van der Waals surface area contributed by atoms with E-state index in [9.17, 15) is 9.59 Å². The molecule has 0 bridgehead atoms. The molecule has 0 aliphatic carbocycles. The van der Waals surface area contributed by atoms with Crippen LogP contribution in [0.25, 0.3) is 10.2 Å². The molecule has 0 unspecified atom stereocenters. The van der Waals surface area contributed by atoms with Gasteiger partial charge in [-0.3, -0.25) is 10.1 Å². The van der Waals surface area contributed by atoms with Gasteiger partial charge >= 0.3 is 6.03 Å². The lowest BCUT2D eigenvalue weighted by Crippen LogP contribution is -2.39. The predicted octanol–water partition coefficient (Wildman–Crippen LogP) is 3.53. The fourth-order valence-corrected chi connectivity index (χ4v) is 4.06. The Bertz CT molecular complexity index is 970. The number of amides is 3. The number of rotatable bonds is 3. The second kappa shape index (κ2) is 6.76. The van der Waals surface area contributed by atoms with Crippen molar-refractivity contribution < 1.29 is 9.59 Å². The molecule has 4 rings (SSSR count). The molecule has 3 aromatic rings. The SMILES string of the molecule is Cc1cccc2sc(NC(=O)N[C@@H]3CC(=O)N(c4ccccc4)C3)nc12. The van der Waals surface area contributed by atoms with Crippen LogP contribution in [-0.4, -0.2) is 29.5 Å². The molecule has 1 atom stereocenters. The number of carbonyl (C=O) groups is 2. The number of para-hydroxylation sites is 2. The Morgan fingerprint density at radius 2 is 2.00 bits per heavy atom. The number of carbonyl (C=O) groups excluding carboxylic acids is 2. The highest BCUT2D eigenvalue weighted by atomic mass is 32.1. The first-order valence-electron chi connectivity index (χ1n) is 8.39. The van der Waals surface area contributed by atoms with E-state index in [-0.39, 0.29) is 18.0 Å². The number of aryl methyl sites for hydroxylation is 1. The molecule has 3 amide bonds. The maximum atomic E-state index is 12.3. The van der Waals surface area contributed by atoms with Crippen LogP contribution in [0.1, 0.15) is 12.0 Å². The van der Waals surface area contributed by atoms with Crippen molar-refractivity contribution in [2.45, 2.75) is 19.4 Å². The zero-order valence-electron chi connectivity index (χ0n) is 14.2. The van der Waals surface area contributed by atoms with Crippen LogP contribution in [0.2, 0.25) is 0 Å². The number of thiazole rings is 1. The summed E-state index contributed by atoms with van der Waals surface area (Å²) in [6.45, 7) is 2.46. The van der Waals surface area contributed by atoms with Crippen LogP contribution in [-0.2, 0) is 4.79 Å². The van der Waals surface area contributed by atoms with Crippen LogP contribution in [0.15, 0.2) is 48.5 Å². The van der Waals surface area contributed by atoms with E-state index in [0.29, 0.717) is 18.1 Å². The standard InChI is InChI=1S/C19H18N4O2S/c1-12-6-5-9-15-17(12)21-19(26-15)22-18(25)20-13-10-16(24)23(11-13)14-7-3-2-4-8-14/h2-9,13H,10-11H2,1H3,(H2,20,21,22,25)/t13-/m1/s1. The molecule has 6 nitrogen and oxygen atoms in total. The molecule has 0 spiro atoms. The van der Waals surface area contributed by atoms with Gasteiger partial charge in [-0.1, -0.05) is 41.7 Å². The van der Waals surface area contributed by atoms with Gasteiger partial charge in [-0.05, 0) is 30.7 Å². The summed E-state index contributed by atoms with van der Waals surface area (Å²) in [5.41, 5.74) is 2.83. The van der Waals surface area contributed by atoms with Crippen molar-refractivity contribution in [3.63, 3.8) is 0 Å². The van der Waals surface area contributed by atoms with Crippen LogP contribution in [0.4, 0.5) is 15.6 Å². The first-order valence-corrected chi connectivity index (χ1v) is 9.21. The predicted molar refractivity (Wildman–Crippen MR) is 104 cm³/mol. The molecule has 132 valence electrons. The number of aromatic nitrogens is 1. The molecule has 1 fully saturated rings. The van der Waals surface area contributed by atoms with Gasteiger partial charge in [-0.25, -0.2) is 9.78 Å². The topological polar surface area (TPSA) is 74.3 Å². The molecular weight excluding hydrogens is 348 g/mol. The van der Waals surface area contributed by atoms with Gasteiger partial charge in [0.15, 0.2) is 5.13 Å². The average Bonchev–Trinajstić information content (AvgIpc) is 3.19. The summed E-state index contributed by atoms with van der Waals surface area (Å²) in [6, 6.07) is 14.9. The van der Waals surface area contributed by atoms with Gasteiger partial charge in [0.1, 0.15) is 0 Å². The quantitative estimate of drug-likeness (QED) is 0.745. The molecule has 2 N–H and O–H groups in total. The highest BCUT2D eigenvalue weighted by molar-refractivity contribution is 7.22. The fourth-order valence-electron chi connectivity index (χ4n) is 3.12. The van der Waals surface area contributed by atoms with Crippen molar-refractivity contribution in [3.8, 4) is 0 Å². The van der Waals surface area contributed by atoms with Gasteiger partial charge in [0.05, 0.1) is 16.3 Å². The van der Waals surface area contributed by atoms with Crippen LogP contribution in [0, 0.1) is 6.92 Å². The summed E-state index contributed by atoms with van der Waals surface area (Å²) in [7, 11) is 0. The number of benzene rings is 2. The molecule has 1 aromatic heterocycles. The van der Waals surface area contributed by atoms with Gasteiger partial charge < -0.3 is 10.2 Å². The number of hydrogen-bond donors (Lipinski definition) is 2. The first kappa shape index (κ1) is 16.5. The minimum absolute atomic E-state index is 0.0112. The lowest BCUT2D eigenvalue weighted by molar-refractivity contribution is -0.117. The molecule has 1 aliphatic heterocycles. The van der Waals surface area contributed by atoms with Gasteiger partial charge in [0, 0.05) is 18.7 Å². The lowest BCUT2D eigenvalue weighted by Gasteiger charge is -2.17. The molecule has 2 aromatic carbocycles. The van der Waals surface area contributed by atoms with Crippen LogP contribution in [0.5, 0.6) is 0 Å². The minimum Gasteiger partial charge on any atom is -0.333 e. The van der Waals surface area contributed by atoms with Crippen molar-refractivity contribution in [1.82, 2.24) is 10.3 Å². The van der Waals surface area contributed by atoms with E-state index in [0.717, 1.165) is 21.5 Å². The maximum Gasteiger partial charge on any atom is 0.321 e. The molecule has 7 heteroatoms. The van der Waals surface area contributed by atoms with Crippen molar-refractivity contribution in [1.29, 1.82) is 0 Å². The van der Waals surface area contributed by atoms with Crippen molar-refractivity contribution in [2.75, 3.05) is 16.8 Å². The fraction of sp³-hybridized carbons (Fsp3) is 0.211. The monoisotopic (exact) mass is 366 g/mol. The second-order valence-electron chi connectivity index (χ2n) is 6.28. The van der Waals surface area contributed by atoms with E-state index in [2.05, 4.69) is 15.6 Å². The summed E-state index contributed by atoms with van der Waals surface area (Å²) in [4.78, 5) is 30.7. The minimum atomic E-state index is -0.338. The van der Waals surface area contributed by atoms with E-state index in [1.165, 1.54) is 11.3 Å². The molecule has 0 saturated carbocycles. The highest BCUT2D eigenvalue weighted by Gasteiger charge is 2.31. The van der Waals surface area contributed by atoms with E-state index in [4.69, 9.17) is 0 Å². The van der Waals surface area contributed by atoms with E-state index < -0.39 is 0 Å². The Balaban J connectivity index is 1.40. The Kier molecular flexibility index (Phi) is 4.30. The lowest BCUT2D eigenvalue weighted by atomic mass is 10.2. The Hall–Kier alpha value is -2.93. The van der Waals surface area contributed by atoms with E-state index in [1.54, 1.807) is 4.90 Å². The molecule has 1 aliphatic rings. The van der Waals surface area contributed by atoms with E-state index >= 15 is 0 Å². The highest BCUT2D eigenvalue weighted by Crippen LogP contribution is 2.28. The maximum absolute atomic E-state index is 12.3. The van der Waals surface area contributed by atoms with Gasteiger partial charge in [0.2, 0.25) is 5.91 Å². The van der Waals surface area contributed by atoms with Crippen molar-refractivity contribution in [3.05, 3.63) is 54.1 Å². The summed E-state index contributed by atoms with van der Waals surface area (Å²) < 4.78 is 1.03. The zero-order chi connectivity index (χ0) is 18.1. The van der Waals surface area contributed by atoms with Crippen LogP contribution < -0.4 is 15.5 Å². The third-order valence-electron chi connectivity index (χ3n) is 4.37. The third-order valence-corrected chi connectivity index (χ3v) is 5.31. The summed E-state index contributed by atoms with van der Waals surface area (Å²) in [5.74, 6) is 0.0112. The molecule has 26 heavy (non-hydrogen) atoms. The normalized spacial score (nSPS) is 16.9. The Morgan fingerprint density at radius 3 is 2.77 bits per heavy atom. The van der Waals surface area contributed by atoms with Gasteiger partial charge in [-0.2, -0.15) is 0 Å². The molecule has 2 heterocycles. The zero-order valence-corrected chi connectivity index (χ0v) is 15.0. The molecule has 1 saturated heterocycles. The van der Waals surface area contributed by atoms with Crippen molar-refractivity contribution >= 4 is 44.3 Å². The summed E-state index contributed by atoms with van der Waals surface area (Å²) in [5, 5.41) is 6.20. The second-order valence-corrected chi connectivity index (χ2v) is 7.31. The average molecular weight is 366 g/mol. The Labute approximate surface area is 154 Å². The number of fused-ring (bicyclic) bond motifs is 1. The number of nitrogens with one attached hydrogen (secondary N) is 2. The third kappa shape index (κ3) is 3.25. The van der Waals surface area contributed by atoms with E-state index in [1.807, 2.05) is 55.5 Å². The smallest absolute Gasteiger partial charge is 0.321 e. The number of hydrogen-bond acceptors (Lipinski definition) is 4. The number of urea groups is 1. The number of anilines is 2. The summed E-state index contributed by atoms with van der Waals surface area (Å²) >= 11 is 1.44. The molecular formula is C19H18N4O2S. The first-order chi connectivity index (χ1) is 12.6. The largest absolute Gasteiger partial charge is 0.333 e. The number of nitrogens with zero attached hydrogens (tertiary/aromatic N) is 2. The van der Waals surface area contributed by atoms with Crippen LogP contribution in [0.3, 0.4) is 0 Å². The van der Waals surface area contributed by atoms with Gasteiger partial charge in [0.25, 0.3) is 0 Å². The molecule has 0 radical (unpaired) electrons. The van der Waals surface area contributed by atoms with Crippen LogP contribution >= 0.6 is 11.3 Å². The van der Waals surface area contributed by atoms with Crippen molar-refractivity contribution in [2.24, 2.45) is 0 Å². The summed E-state index contributed by atoms with van der Waals surface area (Å²) in [6.07, 6.45) is 0.293. The Morgan fingerprint density at radius 1 is 1.19 bits per heavy atom.